The second kappa shape index (κ2) is 7.84. The zero-order valence-electron chi connectivity index (χ0n) is 16.5. The van der Waals surface area contributed by atoms with Crippen LogP contribution in [0.2, 0.25) is 0 Å². The maximum Gasteiger partial charge on any atom is 0.239 e. The normalized spacial score (nSPS) is 14.2. The van der Waals surface area contributed by atoms with Crippen LogP contribution in [0.25, 0.3) is 0 Å². The summed E-state index contributed by atoms with van der Waals surface area (Å²) in [5, 5.41) is 11.2. The monoisotopic (exact) mass is 382 g/mol. The largest absolute Gasteiger partial charge is 0.487 e. The molecule has 0 spiro atoms. The molecule has 4 N–H and O–H groups in total. The number of hydrogen-bond donors (Lipinski definition) is 3. The Kier molecular flexibility index (Phi) is 5.48. The molecule has 1 saturated carbocycles. The summed E-state index contributed by atoms with van der Waals surface area (Å²) in [6.07, 6.45) is 4.44. The van der Waals surface area contributed by atoms with E-state index in [0.29, 0.717) is 28.5 Å². The molecule has 0 aliphatic heterocycles. The molecule has 1 aromatic carbocycles. The van der Waals surface area contributed by atoms with Gasteiger partial charge in [0.2, 0.25) is 5.91 Å². The molecule has 2 aromatic rings. The van der Waals surface area contributed by atoms with Crippen molar-refractivity contribution >= 4 is 23.1 Å². The average Bonchev–Trinajstić information content (AvgIpc) is 3.48. The molecule has 8 nitrogen and oxygen atoms in total. The first-order valence-corrected chi connectivity index (χ1v) is 9.29. The van der Waals surface area contributed by atoms with Crippen molar-refractivity contribution in [1.29, 1.82) is 5.41 Å². The Morgan fingerprint density at radius 2 is 2.11 bits per heavy atom. The topological polar surface area (TPSA) is 117 Å². The molecular weight excluding hydrogens is 356 g/mol. The highest BCUT2D eigenvalue weighted by Gasteiger charge is 2.43. The Morgan fingerprint density at radius 1 is 1.36 bits per heavy atom. The van der Waals surface area contributed by atoms with E-state index in [1.54, 1.807) is 37.2 Å². The van der Waals surface area contributed by atoms with E-state index < -0.39 is 0 Å². The first-order valence-electron chi connectivity index (χ1n) is 9.29. The third kappa shape index (κ3) is 4.21. The lowest BCUT2D eigenvalue weighted by Crippen LogP contribution is -2.33. The Hall–Kier alpha value is -3.16. The van der Waals surface area contributed by atoms with E-state index >= 15 is 0 Å². The molecular formula is C20H26N6O2. The van der Waals surface area contributed by atoms with Gasteiger partial charge in [0.05, 0.1) is 18.0 Å². The van der Waals surface area contributed by atoms with Gasteiger partial charge >= 0.3 is 0 Å². The summed E-state index contributed by atoms with van der Waals surface area (Å²) in [5.74, 6) is 1.13. The number of likely N-dealkylation sites (N-methyl/N-ethyl adjacent to an activating group) is 2. The van der Waals surface area contributed by atoms with Crippen LogP contribution in [0.1, 0.15) is 37.4 Å². The molecule has 3 rings (SSSR count). The minimum atomic E-state index is -0.128. The lowest BCUT2D eigenvalue weighted by Gasteiger charge is -2.19. The van der Waals surface area contributed by atoms with Crippen molar-refractivity contribution in [1.82, 2.24) is 15.3 Å². The molecule has 28 heavy (non-hydrogen) atoms. The summed E-state index contributed by atoms with van der Waals surface area (Å²) in [5.41, 5.74) is 7.70. The van der Waals surface area contributed by atoms with Gasteiger partial charge in [-0.15, -0.1) is 0 Å². The fourth-order valence-electron chi connectivity index (χ4n) is 2.94. The van der Waals surface area contributed by atoms with Crippen molar-refractivity contribution in [3.05, 3.63) is 41.9 Å². The average molecular weight is 382 g/mol. The Bertz CT molecular complexity index is 894. The number of amides is 1. The van der Waals surface area contributed by atoms with E-state index in [2.05, 4.69) is 22.2 Å². The number of rotatable bonds is 8. The third-order valence-electron chi connectivity index (χ3n) is 5.04. The van der Waals surface area contributed by atoms with E-state index in [4.69, 9.17) is 15.9 Å². The van der Waals surface area contributed by atoms with E-state index in [1.807, 2.05) is 6.07 Å². The number of nitrogen functional groups attached to an aromatic ring is 1. The fourth-order valence-corrected chi connectivity index (χ4v) is 2.94. The minimum Gasteiger partial charge on any atom is -0.487 e. The van der Waals surface area contributed by atoms with E-state index in [-0.39, 0.29) is 23.8 Å². The third-order valence-corrected chi connectivity index (χ3v) is 5.04. The van der Waals surface area contributed by atoms with Crippen molar-refractivity contribution in [2.75, 3.05) is 31.3 Å². The summed E-state index contributed by atoms with van der Waals surface area (Å²) < 4.78 is 6.12. The molecule has 1 aliphatic rings. The number of aromatic nitrogens is 2. The van der Waals surface area contributed by atoms with Crippen molar-refractivity contribution < 1.29 is 9.53 Å². The molecule has 0 saturated heterocycles. The van der Waals surface area contributed by atoms with E-state index in [9.17, 15) is 4.79 Å². The maximum atomic E-state index is 11.6. The molecule has 1 aromatic heterocycles. The van der Waals surface area contributed by atoms with Crippen molar-refractivity contribution in [3.63, 3.8) is 0 Å². The summed E-state index contributed by atoms with van der Waals surface area (Å²) in [6, 6.07) is 7.06. The Labute approximate surface area is 164 Å². The van der Waals surface area contributed by atoms with Gasteiger partial charge in [-0.05, 0) is 37.5 Å². The lowest BCUT2D eigenvalue weighted by molar-refractivity contribution is -0.119. The first kappa shape index (κ1) is 19.6. The van der Waals surface area contributed by atoms with Crippen LogP contribution in [0.5, 0.6) is 5.75 Å². The SMILES string of the molecule is CCC1(Oc2ccc(N)c(C(=N)c3cc(N(C)CC(=O)NC)ncn3)c2)CC1. The van der Waals surface area contributed by atoms with Crippen LogP contribution in [0.4, 0.5) is 11.5 Å². The number of nitrogens with one attached hydrogen (secondary N) is 2. The second-order valence-corrected chi connectivity index (χ2v) is 7.05. The second-order valence-electron chi connectivity index (χ2n) is 7.05. The molecule has 1 aliphatic carbocycles. The van der Waals surface area contributed by atoms with Gasteiger partial charge in [0, 0.05) is 31.4 Å². The summed E-state index contributed by atoms with van der Waals surface area (Å²) >= 11 is 0. The molecule has 1 amide bonds. The number of hydrogen-bond acceptors (Lipinski definition) is 7. The van der Waals surface area contributed by atoms with Crippen LogP contribution < -0.4 is 20.7 Å². The quantitative estimate of drug-likeness (QED) is 0.475. The first-order chi connectivity index (χ1) is 13.4. The van der Waals surface area contributed by atoms with E-state index in [0.717, 1.165) is 19.3 Å². The number of nitrogens with zero attached hydrogens (tertiary/aromatic N) is 3. The number of carbonyl (C=O) groups is 1. The number of carbonyl (C=O) groups excluding carboxylic acids is 1. The predicted molar refractivity (Wildman–Crippen MR) is 109 cm³/mol. The predicted octanol–water partition coefficient (Wildman–Crippen LogP) is 1.98. The van der Waals surface area contributed by atoms with Crippen molar-refractivity contribution in [3.8, 4) is 5.75 Å². The summed E-state index contributed by atoms with van der Waals surface area (Å²) in [4.78, 5) is 21.7. The van der Waals surface area contributed by atoms with Gasteiger partial charge < -0.3 is 20.7 Å². The number of anilines is 2. The van der Waals surface area contributed by atoms with Crippen LogP contribution in [0, 0.1) is 5.41 Å². The minimum absolute atomic E-state index is 0.0692. The van der Waals surface area contributed by atoms with Crippen LogP contribution in [0.3, 0.4) is 0 Å². The molecule has 0 bridgehead atoms. The highest BCUT2D eigenvalue weighted by molar-refractivity contribution is 6.13. The zero-order chi connectivity index (χ0) is 20.3. The van der Waals surface area contributed by atoms with Crippen molar-refractivity contribution in [2.24, 2.45) is 0 Å². The smallest absolute Gasteiger partial charge is 0.239 e. The van der Waals surface area contributed by atoms with Gasteiger partial charge in [0.25, 0.3) is 0 Å². The Balaban J connectivity index is 1.83. The summed E-state index contributed by atoms with van der Waals surface area (Å²) in [6.45, 7) is 2.27. The molecule has 8 heteroatoms. The number of ether oxygens (including phenoxy) is 1. The van der Waals surface area contributed by atoms with Gasteiger partial charge in [-0.3, -0.25) is 10.2 Å². The van der Waals surface area contributed by atoms with Gasteiger partial charge in [-0.25, -0.2) is 9.97 Å². The standard InChI is InChI=1S/C20H26N6O2/c1-4-20(7-8-20)28-13-5-6-15(21)14(9-13)19(22)16-10-17(25-12-24-16)26(3)11-18(27)23-2/h5-6,9-10,12,22H,4,7-8,11,21H2,1-3H3,(H,23,27). The highest BCUT2D eigenvalue weighted by Crippen LogP contribution is 2.43. The van der Waals surface area contributed by atoms with E-state index in [1.165, 1.54) is 6.33 Å². The molecule has 1 fully saturated rings. The molecule has 148 valence electrons. The van der Waals surface area contributed by atoms with Gasteiger partial charge in [0.15, 0.2) is 0 Å². The number of nitrogens with two attached hydrogens (primary N) is 1. The highest BCUT2D eigenvalue weighted by atomic mass is 16.5. The maximum absolute atomic E-state index is 11.6. The van der Waals surface area contributed by atoms with Crippen LogP contribution >= 0.6 is 0 Å². The number of benzene rings is 1. The lowest BCUT2D eigenvalue weighted by atomic mass is 10.0. The van der Waals surface area contributed by atoms with Gasteiger partial charge in [0.1, 0.15) is 23.5 Å². The van der Waals surface area contributed by atoms with Crippen LogP contribution in [-0.4, -0.2) is 47.8 Å². The van der Waals surface area contributed by atoms with Crippen molar-refractivity contribution in [2.45, 2.75) is 31.8 Å². The van der Waals surface area contributed by atoms with Gasteiger partial charge in [-0.2, -0.15) is 0 Å². The Morgan fingerprint density at radius 3 is 2.75 bits per heavy atom. The molecule has 0 unspecified atom stereocenters. The molecule has 0 radical (unpaired) electrons. The van der Waals surface area contributed by atoms with Crippen LogP contribution in [0.15, 0.2) is 30.6 Å². The summed E-state index contributed by atoms with van der Waals surface area (Å²) in [7, 11) is 3.34. The fraction of sp³-hybridized carbons (Fsp3) is 0.400. The molecule has 0 atom stereocenters. The zero-order valence-corrected chi connectivity index (χ0v) is 16.5. The molecule has 1 heterocycles. The van der Waals surface area contributed by atoms with Crippen LogP contribution in [-0.2, 0) is 4.79 Å². The van der Waals surface area contributed by atoms with Gasteiger partial charge in [-0.1, -0.05) is 6.92 Å².